The minimum Gasteiger partial charge on any atom is -0.351 e. The lowest BCUT2D eigenvalue weighted by Crippen LogP contribution is -2.52. The third kappa shape index (κ3) is 2.58. The van der Waals surface area contributed by atoms with Crippen molar-refractivity contribution in [3.05, 3.63) is 22.5 Å². The van der Waals surface area contributed by atoms with E-state index in [1.165, 1.54) is 31.7 Å². The fourth-order valence-electron chi connectivity index (χ4n) is 3.41. The highest BCUT2D eigenvalue weighted by atomic mass is 16.6. The van der Waals surface area contributed by atoms with Crippen LogP contribution in [0.5, 0.6) is 0 Å². The van der Waals surface area contributed by atoms with Crippen molar-refractivity contribution in [1.82, 2.24) is 14.9 Å². The first-order valence-corrected chi connectivity index (χ1v) is 7.08. The predicted molar refractivity (Wildman–Crippen MR) is 74.5 cm³/mol. The first-order chi connectivity index (χ1) is 9.63. The highest BCUT2D eigenvalue weighted by Gasteiger charge is 2.36. The molecule has 2 bridgehead atoms. The largest absolute Gasteiger partial charge is 0.351 e. The van der Waals surface area contributed by atoms with Crippen LogP contribution in [0.3, 0.4) is 0 Å². The monoisotopic (exact) mass is 277 g/mol. The summed E-state index contributed by atoms with van der Waals surface area (Å²) in [5.74, 6) is 0.489. The number of aromatic nitrogens is 2. The highest BCUT2D eigenvalue weighted by Crippen LogP contribution is 2.33. The number of hydrogen-bond acceptors (Lipinski definition) is 6. The van der Waals surface area contributed by atoms with Gasteiger partial charge in [-0.3, -0.25) is 10.1 Å². The number of nitrogens with zero attached hydrogens (tertiary/aromatic N) is 4. The molecule has 0 radical (unpaired) electrons. The minimum absolute atomic E-state index is 0.0733. The molecule has 2 unspecified atom stereocenters. The molecule has 1 N–H and O–H groups in total. The van der Waals surface area contributed by atoms with Crippen molar-refractivity contribution in [3.8, 4) is 0 Å². The Morgan fingerprint density at radius 1 is 1.30 bits per heavy atom. The normalized spacial score (nSPS) is 29.9. The Labute approximate surface area is 117 Å². The average Bonchev–Trinajstić information content (AvgIpc) is 2.40. The smallest absolute Gasteiger partial charge is 0.305 e. The first kappa shape index (κ1) is 13.2. The van der Waals surface area contributed by atoms with Gasteiger partial charge in [-0.05, 0) is 32.7 Å². The van der Waals surface area contributed by atoms with E-state index in [1.54, 1.807) is 0 Å². The molecule has 2 fully saturated rings. The van der Waals surface area contributed by atoms with Gasteiger partial charge in [-0.15, -0.1) is 0 Å². The van der Waals surface area contributed by atoms with Gasteiger partial charge in [-0.25, -0.2) is 9.97 Å². The molecule has 2 aliphatic heterocycles. The van der Waals surface area contributed by atoms with Crippen molar-refractivity contribution >= 4 is 11.6 Å². The van der Waals surface area contributed by atoms with Crippen molar-refractivity contribution in [2.24, 2.45) is 0 Å². The third-order valence-electron chi connectivity index (χ3n) is 4.52. The number of anilines is 1. The van der Waals surface area contributed by atoms with Gasteiger partial charge in [-0.1, -0.05) is 6.42 Å². The van der Waals surface area contributed by atoms with E-state index < -0.39 is 4.92 Å². The molecule has 20 heavy (non-hydrogen) atoms. The van der Waals surface area contributed by atoms with Gasteiger partial charge in [-0.2, -0.15) is 0 Å². The van der Waals surface area contributed by atoms with Gasteiger partial charge in [0.2, 0.25) is 5.95 Å². The van der Waals surface area contributed by atoms with E-state index in [1.807, 2.05) is 0 Å². The van der Waals surface area contributed by atoms with Crippen LogP contribution in [0.15, 0.2) is 12.4 Å². The van der Waals surface area contributed by atoms with Gasteiger partial charge in [0.1, 0.15) is 12.4 Å². The van der Waals surface area contributed by atoms with Gasteiger partial charge >= 0.3 is 5.69 Å². The lowest BCUT2D eigenvalue weighted by molar-refractivity contribution is -0.385. The van der Waals surface area contributed by atoms with Crippen molar-refractivity contribution in [3.63, 3.8) is 0 Å². The summed E-state index contributed by atoms with van der Waals surface area (Å²) in [6, 6.07) is 1.64. The zero-order chi connectivity index (χ0) is 14.1. The van der Waals surface area contributed by atoms with Crippen LogP contribution >= 0.6 is 0 Å². The Morgan fingerprint density at radius 3 is 2.45 bits per heavy atom. The SMILES string of the molecule is CN1C2CCCC1CC(Nc1ncc([N+](=O)[O-])cn1)C2. The van der Waals surface area contributed by atoms with E-state index in [0.29, 0.717) is 24.1 Å². The van der Waals surface area contributed by atoms with E-state index in [9.17, 15) is 10.1 Å². The zero-order valence-corrected chi connectivity index (χ0v) is 11.5. The van der Waals surface area contributed by atoms with Crippen LogP contribution < -0.4 is 5.32 Å². The summed E-state index contributed by atoms with van der Waals surface area (Å²) in [4.78, 5) is 20.6. The number of fused-ring (bicyclic) bond motifs is 2. The molecule has 1 aromatic rings. The predicted octanol–water partition coefficient (Wildman–Crippen LogP) is 1.81. The maximum Gasteiger partial charge on any atom is 0.305 e. The number of piperidine rings is 2. The van der Waals surface area contributed by atoms with Gasteiger partial charge in [0.25, 0.3) is 0 Å². The molecular weight excluding hydrogens is 258 g/mol. The molecule has 3 rings (SSSR count). The molecule has 1 aromatic heterocycles. The Hall–Kier alpha value is -1.76. The van der Waals surface area contributed by atoms with Crippen molar-refractivity contribution in [1.29, 1.82) is 0 Å². The molecule has 108 valence electrons. The molecule has 0 saturated carbocycles. The van der Waals surface area contributed by atoms with E-state index in [-0.39, 0.29) is 5.69 Å². The molecule has 3 heterocycles. The Bertz CT molecular complexity index is 478. The average molecular weight is 277 g/mol. The van der Waals surface area contributed by atoms with Crippen LogP contribution in [0.4, 0.5) is 11.6 Å². The number of hydrogen-bond donors (Lipinski definition) is 1. The van der Waals surface area contributed by atoms with Gasteiger partial charge in [0.05, 0.1) is 4.92 Å². The molecular formula is C13H19N5O2. The fraction of sp³-hybridized carbons (Fsp3) is 0.692. The molecule has 0 amide bonds. The van der Waals surface area contributed by atoms with Crippen LogP contribution in [0.25, 0.3) is 0 Å². The van der Waals surface area contributed by atoms with Crippen molar-refractivity contribution < 1.29 is 4.92 Å². The Kier molecular flexibility index (Phi) is 3.52. The fourth-order valence-corrected chi connectivity index (χ4v) is 3.41. The second-order valence-corrected chi connectivity index (χ2v) is 5.74. The van der Waals surface area contributed by atoms with Crippen LogP contribution in [-0.4, -0.2) is 45.0 Å². The van der Waals surface area contributed by atoms with Crippen molar-refractivity contribution in [2.45, 2.75) is 50.2 Å². The topological polar surface area (TPSA) is 84.2 Å². The molecule has 7 heteroatoms. The lowest BCUT2D eigenvalue weighted by Gasteiger charge is -2.47. The molecule has 2 atom stereocenters. The second-order valence-electron chi connectivity index (χ2n) is 5.74. The van der Waals surface area contributed by atoms with Crippen LogP contribution in [-0.2, 0) is 0 Å². The quantitative estimate of drug-likeness (QED) is 0.670. The van der Waals surface area contributed by atoms with E-state index in [0.717, 1.165) is 12.8 Å². The molecule has 7 nitrogen and oxygen atoms in total. The molecule has 0 spiro atoms. The van der Waals surface area contributed by atoms with Gasteiger partial charge < -0.3 is 10.2 Å². The number of nitro groups is 1. The minimum atomic E-state index is -0.482. The highest BCUT2D eigenvalue weighted by molar-refractivity contribution is 5.32. The first-order valence-electron chi connectivity index (χ1n) is 7.08. The summed E-state index contributed by atoms with van der Waals surface area (Å²) in [6.07, 6.45) is 8.52. The summed E-state index contributed by atoms with van der Waals surface area (Å²) < 4.78 is 0. The van der Waals surface area contributed by atoms with Gasteiger partial charge in [0, 0.05) is 18.1 Å². The summed E-state index contributed by atoms with van der Waals surface area (Å²) in [7, 11) is 2.22. The molecule has 2 aliphatic rings. The Balaban J connectivity index is 1.65. The molecule has 0 aliphatic carbocycles. The summed E-state index contributed by atoms with van der Waals surface area (Å²) >= 11 is 0. The number of rotatable bonds is 3. The van der Waals surface area contributed by atoms with Crippen LogP contribution in [0.2, 0.25) is 0 Å². The van der Waals surface area contributed by atoms with Crippen LogP contribution in [0.1, 0.15) is 32.1 Å². The zero-order valence-electron chi connectivity index (χ0n) is 11.5. The Morgan fingerprint density at radius 2 is 1.90 bits per heavy atom. The van der Waals surface area contributed by atoms with E-state index in [2.05, 4.69) is 27.2 Å². The third-order valence-corrected chi connectivity index (χ3v) is 4.52. The number of nitrogens with one attached hydrogen (secondary N) is 1. The maximum absolute atomic E-state index is 10.6. The van der Waals surface area contributed by atoms with Gasteiger partial charge in [0.15, 0.2) is 0 Å². The van der Waals surface area contributed by atoms with Crippen molar-refractivity contribution in [2.75, 3.05) is 12.4 Å². The van der Waals surface area contributed by atoms with E-state index >= 15 is 0 Å². The van der Waals surface area contributed by atoms with Crippen LogP contribution in [0, 0.1) is 10.1 Å². The maximum atomic E-state index is 10.6. The van der Waals surface area contributed by atoms with E-state index in [4.69, 9.17) is 0 Å². The summed E-state index contributed by atoms with van der Waals surface area (Å²) in [5, 5.41) is 13.9. The molecule has 2 saturated heterocycles. The second kappa shape index (κ2) is 5.32. The lowest BCUT2D eigenvalue weighted by atomic mass is 9.82. The molecule has 0 aromatic carbocycles. The summed E-state index contributed by atoms with van der Waals surface area (Å²) in [6.45, 7) is 0. The standard InChI is InChI=1S/C13H19N5O2/c1-17-10-3-2-4-11(17)6-9(5-10)16-13-14-7-12(8-15-13)18(19)20/h7-11H,2-6H2,1H3,(H,14,15,16). The summed E-state index contributed by atoms with van der Waals surface area (Å²) in [5.41, 5.74) is -0.0733.